The first-order chi connectivity index (χ1) is 14.7. The highest BCUT2D eigenvalue weighted by Gasteiger charge is 2.30. The van der Waals surface area contributed by atoms with Crippen molar-refractivity contribution < 1.29 is 17.9 Å². The number of anilines is 1. The van der Waals surface area contributed by atoms with Crippen molar-refractivity contribution in [2.75, 3.05) is 11.4 Å². The summed E-state index contributed by atoms with van der Waals surface area (Å²) in [5.41, 5.74) is 2.58. The largest absolute Gasteiger partial charge is 0.496 e. The fourth-order valence-electron chi connectivity index (χ4n) is 3.02. The first-order valence-electron chi connectivity index (χ1n) is 9.47. The van der Waals surface area contributed by atoms with Gasteiger partial charge in [-0.05, 0) is 82.9 Å². The number of rotatable bonds is 6. The Bertz CT molecular complexity index is 1240. The molecule has 0 heterocycles. The van der Waals surface area contributed by atoms with Crippen LogP contribution in [-0.4, -0.2) is 21.4 Å². The average molecular weight is 500 g/mol. The summed E-state index contributed by atoms with van der Waals surface area (Å²) in [5, 5.41) is 0. The Morgan fingerprint density at radius 3 is 2.35 bits per heavy atom. The van der Waals surface area contributed by atoms with E-state index in [1.54, 1.807) is 68.6 Å². The standard InChI is InChI=1S/C24H22BrNO4S/c1-17-9-10-18(2)22(15-17)26(31(28,29)20-7-5-4-6-8-20)24(27)14-12-19-11-13-23(30-3)21(25)16-19/h4-16H,1-3H3/b14-12+. The molecule has 0 spiro atoms. The molecule has 0 aliphatic carbocycles. The van der Waals surface area contributed by atoms with Gasteiger partial charge in [-0.3, -0.25) is 4.79 Å². The molecule has 0 radical (unpaired) electrons. The highest BCUT2D eigenvalue weighted by atomic mass is 79.9. The molecule has 31 heavy (non-hydrogen) atoms. The van der Waals surface area contributed by atoms with Crippen LogP contribution in [0.5, 0.6) is 5.75 Å². The van der Waals surface area contributed by atoms with E-state index in [1.807, 2.05) is 13.0 Å². The van der Waals surface area contributed by atoms with Crippen LogP contribution in [0.1, 0.15) is 16.7 Å². The average Bonchev–Trinajstić information content (AvgIpc) is 2.75. The summed E-state index contributed by atoms with van der Waals surface area (Å²) >= 11 is 3.41. The predicted octanol–water partition coefficient (Wildman–Crippen LogP) is 5.51. The van der Waals surface area contributed by atoms with E-state index in [2.05, 4.69) is 15.9 Å². The molecule has 7 heteroatoms. The predicted molar refractivity (Wildman–Crippen MR) is 127 cm³/mol. The molecule has 5 nitrogen and oxygen atoms in total. The maximum Gasteiger partial charge on any atom is 0.271 e. The van der Waals surface area contributed by atoms with Gasteiger partial charge in [-0.2, -0.15) is 4.31 Å². The van der Waals surface area contributed by atoms with Crippen LogP contribution in [0, 0.1) is 13.8 Å². The highest BCUT2D eigenvalue weighted by molar-refractivity contribution is 9.10. The van der Waals surface area contributed by atoms with E-state index < -0.39 is 15.9 Å². The van der Waals surface area contributed by atoms with Crippen molar-refractivity contribution in [3.05, 3.63) is 94.0 Å². The number of amides is 1. The topological polar surface area (TPSA) is 63.7 Å². The summed E-state index contributed by atoms with van der Waals surface area (Å²) in [6.45, 7) is 3.63. The summed E-state index contributed by atoms with van der Waals surface area (Å²) in [7, 11) is -2.55. The lowest BCUT2D eigenvalue weighted by molar-refractivity contribution is -0.113. The highest BCUT2D eigenvalue weighted by Crippen LogP contribution is 2.29. The third-order valence-corrected chi connectivity index (χ3v) is 7.00. The van der Waals surface area contributed by atoms with E-state index in [0.717, 1.165) is 19.9 Å². The molecule has 0 aliphatic heterocycles. The number of carbonyl (C=O) groups is 1. The minimum absolute atomic E-state index is 0.0462. The van der Waals surface area contributed by atoms with Crippen LogP contribution in [0.3, 0.4) is 0 Å². The number of methoxy groups -OCH3 is 1. The minimum atomic E-state index is -4.11. The van der Waals surface area contributed by atoms with E-state index in [0.29, 0.717) is 17.0 Å². The molecule has 0 saturated carbocycles. The van der Waals surface area contributed by atoms with Crippen LogP contribution in [0.2, 0.25) is 0 Å². The first-order valence-corrected chi connectivity index (χ1v) is 11.7. The van der Waals surface area contributed by atoms with Crippen molar-refractivity contribution in [2.45, 2.75) is 18.7 Å². The molecule has 1 amide bonds. The van der Waals surface area contributed by atoms with Crippen molar-refractivity contribution in [2.24, 2.45) is 0 Å². The Kier molecular flexibility index (Phi) is 6.97. The van der Waals surface area contributed by atoms with Gasteiger partial charge in [-0.1, -0.05) is 36.4 Å². The van der Waals surface area contributed by atoms with Gasteiger partial charge in [-0.25, -0.2) is 8.42 Å². The van der Waals surface area contributed by atoms with Gasteiger partial charge in [0.2, 0.25) is 0 Å². The lowest BCUT2D eigenvalue weighted by Crippen LogP contribution is -2.36. The molecule has 0 bridgehead atoms. The van der Waals surface area contributed by atoms with Crippen molar-refractivity contribution in [1.82, 2.24) is 0 Å². The second-order valence-corrected chi connectivity index (χ2v) is 9.58. The molecule has 0 saturated heterocycles. The monoisotopic (exact) mass is 499 g/mol. The Labute approximate surface area is 191 Å². The fourth-order valence-corrected chi connectivity index (χ4v) is 5.05. The summed E-state index contributed by atoms with van der Waals surface area (Å²) in [6.07, 6.45) is 2.84. The fraction of sp³-hybridized carbons (Fsp3) is 0.125. The number of halogens is 1. The molecule has 0 aromatic heterocycles. The van der Waals surface area contributed by atoms with Gasteiger partial charge >= 0.3 is 0 Å². The Balaban J connectivity index is 2.07. The van der Waals surface area contributed by atoms with Gasteiger partial charge in [0.25, 0.3) is 15.9 Å². The minimum Gasteiger partial charge on any atom is -0.496 e. The van der Waals surface area contributed by atoms with Gasteiger partial charge in [0.1, 0.15) is 5.75 Å². The van der Waals surface area contributed by atoms with Crippen LogP contribution in [0.15, 0.2) is 82.2 Å². The molecule has 160 valence electrons. The SMILES string of the molecule is COc1ccc(/C=C/C(=O)N(c2cc(C)ccc2C)S(=O)(=O)c2ccccc2)cc1Br. The smallest absolute Gasteiger partial charge is 0.271 e. The van der Waals surface area contributed by atoms with E-state index in [1.165, 1.54) is 18.2 Å². The zero-order chi connectivity index (χ0) is 22.6. The van der Waals surface area contributed by atoms with Crippen LogP contribution >= 0.6 is 15.9 Å². The molecular weight excluding hydrogens is 478 g/mol. The van der Waals surface area contributed by atoms with E-state index in [-0.39, 0.29) is 4.90 Å². The lowest BCUT2D eigenvalue weighted by atomic mass is 10.1. The number of nitrogens with zero attached hydrogens (tertiary/aromatic N) is 1. The zero-order valence-corrected chi connectivity index (χ0v) is 19.8. The first kappa shape index (κ1) is 22.8. The van der Waals surface area contributed by atoms with Crippen molar-refractivity contribution in [3.63, 3.8) is 0 Å². The molecular formula is C24H22BrNO4S. The summed E-state index contributed by atoms with van der Waals surface area (Å²) in [5.74, 6) is -0.00311. The van der Waals surface area contributed by atoms with E-state index in [9.17, 15) is 13.2 Å². The molecule has 0 unspecified atom stereocenters. The van der Waals surface area contributed by atoms with Crippen LogP contribution < -0.4 is 9.04 Å². The van der Waals surface area contributed by atoms with Crippen LogP contribution in [0.25, 0.3) is 6.08 Å². The van der Waals surface area contributed by atoms with Gasteiger partial charge in [0.05, 0.1) is 22.2 Å². The summed E-state index contributed by atoms with van der Waals surface area (Å²) < 4.78 is 33.7. The van der Waals surface area contributed by atoms with Gasteiger partial charge < -0.3 is 4.74 Å². The quantitative estimate of drug-likeness (QED) is 0.419. The molecule has 0 fully saturated rings. The molecule has 0 atom stereocenters. The van der Waals surface area contributed by atoms with Crippen LogP contribution in [0.4, 0.5) is 5.69 Å². The summed E-state index contributed by atoms with van der Waals surface area (Å²) in [6, 6.07) is 18.6. The number of benzene rings is 3. The molecule has 3 aromatic rings. The van der Waals surface area contributed by atoms with Gasteiger partial charge in [-0.15, -0.1) is 0 Å². The molecule has 0 N–H and O–H groups in total. The number of hydrogen-bond donors (Lipinski definition) is 0. The molecule has 3 aromatic carbocycles. The van der Waals surface area contributed by atoms with Crippen molar-refractivity contribution >= 4 is 43.6 Å². The normalized spacial score (nSPS) is 11.5. The number of hydrogen-bond acceptors (Lipinski definition) is 4. The Morgan fingerprint density at radius 1 is 1.00 bits per heavy atom. The number of sulfonamides is 1. The van der Waals surface area contributed by atoms with Crippen molar-refractivity contribution in [3.8, 4) is 5.75 Å². The number of aryl methyl sites for hydroxylation is 2. The van der Waals surface area contributed by atoms with Crippen molar-refractivity contribution in [1.29, 1.82) is 0 Å². The Morgan fingerprint density at radius 2 is 1.71 bits per heavy atom. The third-order valence-electron chi connectivity index (χ3n) is 4.66. The van der Waals surface area contributed by atoms with Crippen LogP contribution in [-0.2, 0) is 14.8 Å². The van der Waals surface area contributed by atoms with E-state index in [4.69, 9.17) is 4.74 Å². The second-order valence-electron chi connectivity index (χ2n) is 6.94. The Hall–Kier alpha value is -2.90. The zero-order valence-electron chi connectivity index (χ0n) is 17.4. The maximum absolute atomic E-state index is 13.4. The van der Waals surface area contributed by atoms with E-state index >= 15 is 0 Å². The third kappa shape index (κ3) is 5.06. The molecule has 3 rings (SSSR count). The van der Waals surface area contributed by atoms with Gasteiger partial charge in [0, 0.05) is 6.08 Å². The second kappa shape index (κ2) is 9.49. The maximum atomic E-state index is 13.4. The van der Waals surface area contributed by atoms with Gasteiger partial charge in [0.15, 0.2) is 0 Å². The lowest BCUT2D eigenvalue weighted by Gasteiger charge is -2.23. The number of carbonyl (C=O) groups excluding carboxylic acids is 1. The summed E-state index contributed by atoms with van der Waals surface area (Å²) in [4.78, 5) is 13.3. The number of ether oxygens (including phenoxy) is 1. The molecule has 0 aliphatic rings.